The molecule has 100 valence electrons. The Labute approximate surface area is 114 Å². The number of nitrogens with one attached hydrogen (secondary N) is 1. The van der Waals surface area contributed by atoms with Gasteiger partial charge in [0.1, 0.15) is 11.5 Å². The summed E-state index contributed by atoms with van der Waals surface area (Å²) in [6, 6.07) is 17.8. The van der Waals surface area contributed by atoms with Crippen LogP contribution in [0.1, 0.15) is 6.42 Å². The van der Waals surface area contributed by atoms with E-state index in [1.54, 1.807) is 7.11 Å². The van der Waals surface area contributed by atoms with E-state index in [9.17, 15) is 0 Å². The average molecular weight is 257 g/mol. The van der Waals surface area contributed by atoms with Crippen LogP contribution in [0.5, 0.6) is 11.5 Å². The van der Waals surface area contributed by atoms with E-state index in [2.05, 4.69) is 5.32 Å². The number of hydrogen-bond donors (Lipinski definition) is 1. The highest BCUT2D eigenvalue weighted by atomic mass is 16.5. The summed E-state index contributed by atoms with van der Waals surface area (Å²) in [5.41, 5.74) is 1.10. The highest BCUT2D eigenvalue weighted by molar-refractivity contribution is 5.46. The van der Waals surface area contributed by atoms with Gasteiger partial charge in [-0.25, -0.2) is 0 Å². The van der Waals surface area contributed by atoms with Gasteiger partial charge in [0, 0.05) is 12.2 Å². The smallest absolute Gasteiger partial charge is 0.119 e. The molecule has 3 heteroatoms. The fourth-order valence-corrected chi connectivity index (χ4v) is 1.72. The van der Waals surface area contributed by atoms with Crippen LogP contribution < -0.4 is 14.8 Å². The van der Waals surface area contributed by atoms with Gasteiger partial charge >= 0.3 is 0 Å². The van der Waals surface area contributed by atoms with Gasteiger partial charge in [-0.1, -0.05) is 18.2 Å². The normalized spacial score (nSPS) is 9.95. The Morgan fingerprint density at radius 1 is 0.895 bits per heavy atom. The molecule has 0 saturated carbocycles. The average Bonchev–Trinajstić information content (AvgIpc) is 2.49. The third-order valence-corrected chi connectivity index (χ3v) is 2.75. The van der Waals surface area contributed by atoms with Crippen LogP contribution in [0.2, 0.25) is 0 Å². The lowest BCUT2D eigenvalue weighted by atomic mass is 10.3. The van der Waals surface area contributed by atoms with Gasteiger partial charge in [0.15, 0.2) is 0 Å². The van der Waals surface area contributed by atoms with Crippen molar-refractivity contribution in [2.24, 2.45) is 0 Å². The Kier molecular flexibility index (Phi) is 5.11. The maximum absolute atomic E-state index is 5.62. The lowest BCUT2D eigenvalue weighted by Crippen LogP contribution is -2.07. The van der Waals surface area contributed by atoms with Gasteiger partial charge < -0.3 is 14.8 Å². The fourth-order valence-electron chi connectivity index (χ4n) is 1.72. The van der Waals surface area contributed by atoms with Crippen LogP contribution in [0.25, 0.3) is 0 Å². The first-order valence-electron chi connectivity index (χ1n) is 6.44. The van der Waals surface area contributed by atoms with E-state index >= 15 is 0 Å². The number of ether oxygens (including phenoxy) is 2. The molecule has 2 rings (SSSR count). The molecule has 0 aliphatic rings. The van der Waals surface area contributed by atoms with Crippen molar-refractivity contribution in [1.82, 2.24) is 0 Å². The zero-order valence-electron chi connectivity index (χ0n) is 11.1. The highest BCUT2D eigenvalue weighted by Gasteiger charge is 1.94. The maximum Gasteiger partial charge on any atom is 0.119 e. The molecule has 2 aromatic carbocycles. The third-order valence-electron chi connectivity index (χ3n) is 2.75. The van der Waals surface area contributed by atoms with E-state index in [0.717, 1.165) is 30.2 Å². The molecule has 19 heavy (non-hydrogen) atoms. The zero-order valence-corrected chi connectivity index (χ0v) is 11.1. The molecular weight excluding hydrogens is 238 g/mol. The van der Waals surface area contributed by atoms with E-state index in [-0.39, 0.29) is 0 Å². The van der Waals surface area contributed by atoms with Crippen LogP contribution in [0.3, 0.4) is 0 Å². The third kappa shape index (κ3) is 4.54. The van der Waals surface area contributed by atoms with Gasteiger partial charge in [0.05, 0.1) is 13.7 Å². The summed E-state index contributed by atoms with van der Waals surface area (Å²) in [5.74, 6) is 1.80. The first kappa shape index (κ1) is 13.3. The Bertz CT molecular complexity index is 468. The quantitative estimate of drug-likeness (QED) is 0.769. The summed E-state index contributed by atoms with van der Waals surface area (Å²) in [6.07, 6.45) is 0.959. The second-order valence-electron chi connectivity index (χ2n) is 4.17. The molecule has 3 nitrogen and oxygen atoms in total. The van der Waals surface area contributed by atoms with Crippen molar-refractivity contribution in [3.8, 4) is 11.5 Å². The predicted molar refractivity (Wildman–Crippen MR) is 78.0 cm³/mol. The molecule has 0 aliphatic heterocycles. The Balaban J connectivity index is 1.63. The molecule has 0 aromatic heterocycles. The monoisotopic (exact) mass is 257 g/mol. The topological polar surface area (TPSA) is 30.5 Å². The van der Waals surface area contributed by atoms with Crippen LogP contribution >= 0.6 is 0 Å². The van der Waals surface area contributed by atoms with Crippen LogP contribution in [0.15, 0.2) is 54.6 Å². The van der Waals surface area contributed by atoms with Gasteiger partial charge in [-0.2, -0.15) is 0 Å². The molecule has 0 aliphatic carbocycles. The van der Waals surface area contributed by atoms with Crippen LogP contribution in [0, 0.1) is 0 Å². The number of anilines is 1. The molecule has 0 amide bonds. The summed E-state index contributed by atoms with van der Waals surface area (Å²) in [4.78, 5) is 0. The number of methoxy groups -OCH3 is 1. The van der Waals surface area contributed by atoms with Gasteiger partial charge in [-0.3, -0.25) is 0 Å². The number of hydrogen-bond acceptors (Lipinski definition) is 3. The minimum absolute atomic E-state index is 0.715. The van der Waals surface area contributed by atoms with Crippen molar-refractivity contribution in [3.63, 3.8) is 0 Å². The van der Waals surface area contributed by atoms with E-state index < -0.39 is 0 Å². The minimum Gasteiger partial charge on any atom is -0.497 e. The van der Waals surface area contributed by atoms with Gasteiger partial charge in [-0.15, -0.1) is 0 Å². The molecule has 0 radical (unpaired) electrons. The molecule has 0 heterocycles. The SMILES string of the molecule is COc1ccc(NCCCOc2ccccc2)cc1. The highest BCUT2D eigenvalue weighted by Crippen LogP contribution is 2.15. The van der Waals surface area contributed by atoms with Crippen molar-refractivity contribution in [2.45, 2.75) is 6.42 Å². The van der Waals surface area contributed by atoms with Crippen LogP contribution in [0.4, 0.5) is 5.69 Å². The molecule has 0 unspecified atom stereocenters. The van der Waals surface area contributed by atoms with E-state index in [4.69, 9.17) is 9.47 Å². The van der Waals surface area contributed by atoms with Gasteiger partial charge in [0.25, 0.3) is 0 Å². The van der Waals surface area contributed by atoms with E-state index in [1.807, 2.05) is 54.6 Å². The molecule has 0 fully saturated rings. The molecule has 1 N–H and O–H groups in total. The Morgan fingerprint density at radius 2 is 1.63 bits per heavy atom. The predicted octanol–water partition coefficient (Wildman–Crippen LogP) is 3.58. The van der Waals surface area contributed by atoms with Crippen molar-refractivity contribution in [3.05, 3.63) is 54.6 Å². The molecule has 0 saturated heterocycles. The Morgan fingerprint density at radius 3 is 2.32 bits per heavy atom. The lowest BCUT2D eigenvalue weighted by Gasteiger charge is -2.08. The molecule has 0 atom stereocenters. The van der Waals surface area contributed by atoms with Crippen molar-refractivity contribution < 1.29 is 9.47 Å². The van der Waals surface area contributed by atoms with E-state index in [0.29, 0.717) is 6.61 Å². The van der Waals surface area contributed by atoms with Gasteiger partial charge in [0.2, 0.25) is 0 Å². The lowest BCUT2D eigenvalue weighted by molar-refractivity contribution is 0.315. The van der Waals surface area contributed by atoms with E-state index in [1.165, 1.54) is 0 Å². The summed E-state index contributed by atoms with van der Waals surface area (Å²) in [7, 11) is 1.67. The van der Waals surface area contributed by atoms with Crippen molar-refractivity contribution >= 4 is 5.69 Å². The zero-order chi connectivity index (χ0) is 13.3. The molecule has 0 spiro atoms. The minimum atomic E-state index is 0.715. The number of benzene rings is 2. The first-order valence-corrected chi connectivity index (χ1v) is 6.44. The second-order valence-corrected chi connectivity index (χ2v) is 4.17. The molecular formula is C16H19NO2. The van der Waals surface area contributed by atoms with Crippen LogP contribution in [-0.2, 0) is 0 Å². The summed E-state index contributed by atoms with van der Waals surface area (Å²) in [5, 5.41) is 3.35. The fraction of sp³-hybridized carbons (Fsp3) is 0.250. The molecule has 0 bridgehead atoms. The Hall–Kier alpha value is -2.16. The largest absolute Gasteiger partial charge is 0.497 e. The van der Waals surface area contributed by atoms with Crippen molar-refractivity contribution in [2.75, 3.05) is 25.6 Å². The van der Waals surface area contributed by atoms with Crippen LogP contribution in [-0.4, -0.2) is 20.3 Å². The first-order chi connectivity index (χ1) is 9.38. The molecule has 2 aromatic rings. The van der Waals surface area contributed by atoms with Crippen molar-refractivity contribution in [1.29, 1.82) is 0 Å². The number of para-hydroxylation sites is 1. The summed E-state index contributed by atoms with van der Waals surface area (Å²) < 4.78 is 10.7. The second kappa shape index (κ2) is 7.31. The summed E-state index contributed by atoms with van der Waals surface area (Å²) in [6.45, 7) is 1.60. The number of rotatable bonds is 7. The standard InChI is InChI=1S/C16H19NO2/c1-18-15-10-8-14(9-11-15)17-12-5-13-19-16-6-3-2-4-7-16/h2-4,6-11,17H,5,12-13H2,1H3. The maximum atomic E-state index is 5.62. The summed E-state index contributed by atoms with van der Waals surface area (Å²) >= 11 is 0. The van der Waals surface area contributed by atoms with Gasteiger partial charge in [-0.05, 0) is 42.8 Å².